The highest BCUT2D eigenvalue weighted by Crippen LogP contribution is 2.17. The van der Waals surface area contributed by atoms with Gasteiger partial charge in [0.05, 0.1) is 0 Å². The van der Waals surface area contributed by atoms with Crippen LogP contribution < -0.4 is 5.32 Å². The molecule has 1 aromatic heterocycles. The first-order chi connectivity index (χ1) is 9.65. The first-order valence-electron chi connectivity index (χ1n) is 7.16. The Balaban J connectivity index is 1.70. The molecule has 20 heavy (non-hydrogen) atoms. The van der Waals surface area contributed by atoms with Crippen molar-refractivity contribution in [2.24, 2.45) is 0 Å². The predicted octanol–water partition coefficient (Wildman–Crippen LogP) is 3.84. The maximum atomic E-state index is 3.58. The molecule has 1 atom stereocenters. The SMILES string of the molecule is Cc1ccc(CN(C)CCNC(C)c2cccs2)cc1. The maximum Gasteiger partial charge on any atom is 0.0386 e. The van der Waals surface area contributed by atoms with E-state index in [9.17, 15) is 0 Å². The van der Waals surface area contributed by atoms with E-state index in [0.29, 0.717) is 6.04 Å². The summed E-state index contributed by atoms with van der Waals surface area (Å²) in [6.07, 6.45) is 0. The van der Waals surface area contributed by atoms with Gasteiger partial charge in [0.15, 0.2) is 0 Å². The van der Waals surface area contributed by atoms with Crippen LogP contribution in [0.2, 0.25) is 0 Å². The molecule has 0 aliphatic carbocycles. The van der Waals surface area contributed by atoms with Gasteiger partial charge in [0.1, 0.15) is 0 Å². The van der Waals surface area contributed by atoms with E-state index in [1.54, 1.807) is 0 Å². The Labute approximate surface area is 126 Å². The highest BCUT2D eigenvalue weighted by molar-refractivity contribution is 7.10. The van der Waals surface area contributed by atoms with Gasteiger partial charge in [-0.25, -0.2) is 0 Å². The van der Waals surface area contributed by atoms with E-state index in [1.807, 2.05) is 11.3 Å². The topological polar surface area (TPSA) is 15.3 Å². The smallest absolute Gasteiger partial charge is 0.0386 e. The third kappa shape index (κ3) is 4.75. The molecule has 1 aromatic carbocycles. The van der Waals surface area contributed by atoms with Crippen LogP contribution in [0, 0.1) is 6.92 Å². The summed E-state index contributed by atoms with van der Waals surface area (Å²) in [5.74, 6) is 0. The summed E-state index contributed by atoms with van der Waals surface area (Å²) < 4.78 is 0. The van der Waals surface area contributed by atoms with Gasteiger partial charge >= 0.3 is 0 Å². The van der Waals surface area contributed by atoms with Gasteiger partial charge in [-0.1, -0.05) is 35.9 Å². The number of likely N-dealkylation sites (N-methyl/N-ethyl adjacent to an activating group) is 1. The molecule has 0 fully saturated rings. The van der Waals surface area contributed by atoms with E-state index in [-0.39, 0.29) is 0 Å². The van der Waals surface area contributed by atoms with Crippen molar-refractivity contribution >= 4 is 11.3 Å². The number of aryl methyl sites for hydroxylation is 1. The van der Waals surface area contributed by atoms with Crippen LogP contribution in [0.1, 0.15) is 29.0 Å². The Kier molecular flexibility index (Phi) is 5.77. The average Bonchev–Trinajstić information content (AvgIpc) is 2.95. The molecular weight excluding hydrogens is 264 g/mol. The zero-order valence-electron chi connectivity index (χ0n) is 12.6. The number of rotatable bonds is 7. The lowest BCUT2D eigenvalue weighted by Crippen LogP contribution is -2.30. The van der Waals surface area contributed by atoms with Gasteiger partial charge in [-0.2, -0.15) is 0 Å². The van der Waals surface area contributed by atoms with Crippen LogP contribution in [0.4, 0.5) is 0 Å². The molecule has 0 bridgehead atoms. The third-order valence-electron chi connectivity index (χ3n) is 3.49. The molecule has 0 amide bonds. The molecule has 0 saturated carbocycles. The molecule has 0 spiro atoms. The molecule has 0 saturated heterocycles. The zero-order valence-corrected chi connectivity index (χ0v) is 13.4. The molecule has 3 heteroatoms. The Morgan fingerprint density at radius 3 is 2.60 bits per heavy atom. The van der Waals surface area contributed by atoms with E-state index in [2.05, 4.69) is 72.9 Å². The molecule has 0 aliphatic rings. The summed E-state index contributed by atoms with van der Waals surface area (Å²) in [4.78, 5) is 3.77. The number of nitrogens with zero attached hydrogens (tertiary/aromatic N) is 1. The lowest BCUT2D eigenvalue weighted by molar-refractivity contribution is 0.319. The Bertz CT molecular complexity index is 490. The van der Waals surface area contributed by atoms with Crippen LogP contribution in [-0.4, -0.2) is 25.0 Å². The summed E-state index contributed by atoms with van der Waals surface area (Å²) >= 11 is 1.82. The van der Waals surface area contributed by atoms with Crippen molar-refractivity contribution in [3.63, 3.8) is 0 Å². The maximum absolute atomic E-state index is 3.58. The normalized spacial score (nSPS) is 12.8. The third-order valence-corrected chi connectivity index (χ3v) is 4.54. The van der Waals surface area contributed by atoms with Crippen LogP contribution in [0.25, 0.3) is 0 Å². The Hall–Kier alpha value is -1.16. The van der Waals surface area contributed by atoms with E-state index in [1.165, 1.54) is 16.0 Å². The molecule has 108 valence electrons. The van der Waals surface area contributed by atoms with E-state index in [4.69, 9.17) is 0 Å². The summed E-state index contributed by atoms with van der Waals surface area (Å²) in [7, 11) is 2.18. The largest absolute Gasteiger partial charge is 0.308 e. The summed E-state index contributed by atoms with van der Waals surface area (Å²) in [5.41, 5.74) is 2.70. The average molecular weight is 288 g/mol. The summed E-state index contributed by atoms with van der Waals surface area (Å²) in [6.45, 7) is 7.44. The molecule has 0 aliphatic heterocycles. The molecule has 1 N–H and O–H groups in total. The van der Waals surface area contributed by atoms with Gasteiger partial charge in [-0.05, 0) is 37.9 Å². The van der Waals surface area contributed by atoms with Crippen molar-refractivity contribution in [1.82, 2.24) is 10.2 Å². The fraction of sp³-hybridized carbons (Fsp3) is 0.412. The number of nitrogens with one attached hydrogen (secondary N) is 1. The minimum absolute atomic E-state index is 0.447. The number of hydrogen-bond acceptors (Lipinski definition) is 3. The van der Waals surface area contributed by atoms with E-state index in [0.717, 1.165) is 19.6 Å². The number of benzene rings is 1. The van der Waals surface area contributed by atoms with Crippen molar-refractivity contribution in [3.8, 4) is 0 Å². The lowest BCUT2D eigenvalue weighted by Gasteiger charge is -2.19. The fourth-order valence-corrected chi connectivity index (χ4v) is 2.95. The first-order valence-corrected chi connectivity index (χ1v) is 8.04. The molecule has 2 nitrogen and oxygen atoms in total. The first kappa shape index (κ1) is 15.2. The second-order valence-electron chi connectivity index (χ2n) is 5.41. The van der Waals surface area contributed by atoms with Gasteiger partial charge in [-0.3, -0.25) is 0 Å². The van der Waals surface area contributed by atoms with Gasteiger partial charge in [0.2, 0.25) is 0 Å². The van der Waals surface area contributed by atoms with Gasteiger partial charge in [0.25, 0.3) is 0 Å². The standard InChI is InChI=1S/C17H24N2S/c1-14-6-8-16(9-7-14)13-19(3)11-10-18-15(2)17-5-4-12-20-17/h4-9,12,15,18H,10-11,13H2,1-3H3. The van der Waals surface area contributed by atoms with Gasteiger partial charge in [0, 0.05) is 30.6 Å². The van der Waals surface area contributed by atoms with Crippen LogP contribution in [-0.2, 0) is 6.54 Å². The minimum Gasteiger partial charge on any atom is -0.308 e. The highest BCUT2D eigenvalue weighted by Gasteiger charge is 2.06. The van der Waals surface area contributed by atoms with Crippen LogP contribution in [0.3, 0.4) is 0 Å². The monoisotopic (exact) mass is 288 g/mol. The van der Waals surface area contributed by atoms with Crippen molar-refractivity contribution in [3.05, 3.63) is 57.8 Å². The lowest BCUT2D eigenvalue weighted by atomic mass is 10.1. The molecule has 1 unspecified atom stereocenters. The van der Waals surface area contributed by atoms with Crippen LogP contribution in [0.5, 0.6) is 0 Å². The summed E-state index contributed by atoms with van der Waals surface area (Å²) in [5, 5.41) is 5.72. The van der Waals surface area contributed by atoms with Crippen molar-refractivity contribution in [2.45, 2.75) is 26.4 Å². The molecule has 1 heterocycles. The van der Waals surface area contributed by atoms with E-state index < -0.39 is 0 Å². The molecular formula is C17H24N2S. The molecule has 2 aromatic rings. The quantitative estimate of drug-likeness (QED) is 0.833. The predicted molar refractivity (Wildman–Crippen MR) is 88.2 cm³/mol. The highest BCUT2D eigenvalue weighted by atomic mass is 32.1. The van der Waals surface area contributed by atoms with Crippen molar-refractivity contribution in [1.29, 1.82) is 0 Å². The number of hydrogen-bond donors (Lipinski definition) is 1. The van der Waals surface area contributed by atoms with Crippen LogP contribution >= 0.6 is 11.3 Å². The second-order valence-corrected chi connectivity index (χ2v) is 6.39. The fourth-order valence-electron chi connectivity index (χ4n) is 2.19. The number of thiophene rings is 1. The van der Waals surface area contributed by atoms with E-state index >= 15 is 0 Å². The van der Waals surface area contributed by atoms with Crippen molar-refractivity contribution < 1.29 is 0 Å². The Morgan fingerprint density at radius 2 is 1.95 bits per heavy atom. The zero-order chi connectivity index (χ0) is 14.4. The van der Waals surface area contributed by atoms with Gasteiger partial charge < -0.3 is 10.2 Å². The van der Waals surface area contributed by atoms with Crippen molar-refractivity contribution in [2.75, 3.05) is 20.1 Å². The second kappa shape index (κ2) is 7.58. The summed E-state index contributed by atoms with van der Waals surface area (Å²) in [6, 6.07) is 13.5. The molecule has 2 rings (SSSR count). The van der Waals surface area contributed by atoms with Gasteiger partial charge in [-0.15, -0.1) is 11.3 Å². The minimum atomic E-state index is 0.447. The Morgan fingerprint density at radius 1 is 1.20 bits per heavy atom. The van der Waals surface area contributed by atoms with Crippen LogP contribution in [0.15, 0.2) is 41.8 Å². The molecule has 0 radical (unpaired) electrons.